The molecule has 1 aromatic heterocycles. The molecular formula is C32H33N5O2S. The van der Waals surface area contributed by atoms with Crippen molar-refractivity contribution in [2.45, 2.75) is 32.5 Å². The lowest BCUT2D eigenvalue weighted by molar-refractivity contribution is -0.120. The number of carbonyl (C=O) groups is 2. The first-order valence-electron chi connectivity index (χ1n) is 13.8. The minimum absolute atomic E-state index is 0.138. The lowest BCUT2D eigenvalue weighted by Crippen LogP contribution is -2.48. The monoisotopic (exact) mass is 551 g/mol. The molecule has 3 aromatic carbocycles. The third-order valence-electron chi connectivity index (χ3n) is 7.89. The van der Waals surface area contributed by atoms with E-state index in [1.807, 2.05) is 47.8 Å². The van der Waals surface area contributed by atoms with Crippen molar-refractivity contribution in [3.8, 4) is 11.1 Å². The molecule has 204 valence electrons. The van der Waals surface area contributed by atoms with E-state index < -0.39 is 6.04 Å². The number of nitrogens with zero attached hydrogens (tertiary/aromatic N) is 4. The third-order valence-corrected chi connectivity index (χ3v) is 8.57. The maximum Gasteiger partial charge on any atom is 0.255 e. The van der Waals surface area contributed by atoms with E-state index in [-0.39, 0.29) is 11.8 Å². The number of fused-ring (bicyclic) bond motifs is 1. The molecule has 0 radical (unpaired) electrons. The Bertz CT molecular complexity index is 1480. The summed E-state index contributed by atoms with van der Waals surface area (Å²) in [5.74, 6) is -0.409. The van der Waals surface area contributed by atoms with E-state index in [1.54, 1.807) is 11.1 Å². The molecule has 7 nitrogen and oxygen atoms in total. The Kier molecular flexibility index (Phi) is 7.36. The summed E-state index contributed by atoms with van der Waals surface area (Å²) in [6.07, 6.45) is 1.65. The molecule has 1 unspecified atom stereocenters. The number of nitrogens with one attached hydrogen (secondary N) is 1. The molecule has 3 heterocycles. The van der Waals surface area contributed by atoms with Crippen LogP contribution < -0.4 is 10.2 Å². The van der Waals surface area contributed by atoms with Gasteiger partial charge in [-0.05, 0) is 60.4 Å². The van der Waals surface area contributed by atoms with Crippen molar-refractivity contribution >= 4 is 34.0 Å². The topological polar surface area (TPSA) is 68.8 Å². The van der Waals surface area contributed by atoms with Crippen LogP contribution in [0, 0.1) is 0 Å². The maximum absolute atomic E-state index is 13.6. The van der Waals surface area contributed by atoms with Crippen molar-refractivity contribution < 1.29 is 9.59 Å². The fourth-order valence-corrected chi connectivity index (χ4v) is 6.19. The van der Waals surface area contributed by atoms with Crippen LogP contribution in [-0.2, 0) is 11.3 Å². The first-order valence-corrected chi connectivity index (χ1v) is 14.6. The van der Waals surface area contributed by atoms with Crippen LogP contribution in [0.3, 0.4) is 0 Å². The van der Waals surface area contributed by atoms with Crippen LogP contribution in [0.25, 0.3) is 11.1 Å². The number of piperazine rings is 1. The zero-order chi connectivity index (χ0) is 27.6. The Morgan fingerprint density at radius 3 is 2.33 bits per heavy atom. The van der Waals surface area contributed by atoms with Crippen LogP contribution in [0.4, 0.5) is 10.8 Å². The number of aromatic nitrogens is 1. The van der Waals surface area contributed by atoms with E-state index in [9.17, 15) is 9.59 Å². The molecule has 8 heteroatoms. The van der Waals surface area contributed by atoms with Gasteiger partial charge >= 0.3 is 0 Å². The molecule has 0 saturated carbocycles. The molecule has 6 rings (SSSR count). The van der Waals surface area contributed by atoms with Gasteiger partial charge in [0.1, 0.15) is 6.04 Å². The molecule has 4 aromatic rings. The number of hydrogen-bond donors (Lipinski definition) is 1. The Morgan fingerprint density at radius 1 is 0.925 bits per heavy atom. The average Bonchev–Trinajstić information content (AvgIpc) is 3.61. The smallest absolute Gasteiger partial charge is 0.255 e. The van der Waals surface area contributed by atoms with E-state index in [4.69, 9.17) is 0 Å². The summed E-state index contributed by atoms with van der Waals surface area (Å²) in [5.41, 5.74) is 5.76. The number of carbonyl (C=O) groups excluding carboxylic acids is 2. The number of benzene rings is 3. The number of amides is 2. The van der Waals surface area contributed by atoms with Gasteiger partial charge in [-0.15, -0.1) is 11.3 Å². The molecule has 1 atom stereocenters. The predicted octanol–water partition coefficient (Wildman–Crippen LogP) is 5.68. The average molecular weight is 552 g/mol. The SMILES string of the molecule is CC(C)N1CCN(c2ccc(-c3ccc4c(c3)CN(C(C(=O)Nc3nccs3)c3ccccc3)C4=O)cc2)CC1. The van der Waals surface area contributed by atoms with Crippen molar-refractivity contribution in [3.63, 3.8) is 0 Å². The second kappa shape index (κ2) is 11.2. The van der Waals surface area contributed by atoms with E-state index >= 15 is 0 Å². The van der Waals surface area contributed by atoms with E-state index in [0.717, 1.165) is 48.4 Å². The predicted molar refractivity (Wildman–Crippen MR) is 161 cm³/mol. The number of hydrogen-bond acceptors (Lipinski definition) is 6. The standard InChI is InChI=1S/C32H33N5O2S/c1-22(2)35-15-17-36(18-16-35)27-11-8-23(9-12-27)25-10-13-28-26(20-25)21-37(31(28)39)29(24-6-4-3-5-7-24)30(38)34-32-33-14-19-40-32/h3-14,19-20,22,29H,15-18,21H2,1-2H3,(H,33,34,38). The van der Waals surface area contributed by atoms with Crippen molar-refractivity contribution in [2.24, 2.45) is 0 Å². The van der Waals surface area contributed by atoms with Crippen molar-refractivity contribution in [1.29, 1.82) is 0 Å². The highest BCUT2D eigenvalue weighted by molar-refractivity contribution is 7.13. The fourth-order valence-electron chi connectivity index (χ4n) is 5.66. The van der Waals surface area contributed by atoms with Crippen molar-refractivity contribution in [1.82, 2.24) is 14.8 Å². The van der Waals surface area contributed by atoms with E-state index in [0.29, 0.717) is 23.3 Å². The lowest BCUT2D eigenvalue weighted by Gasteiger charge is -2.38. The summed E-state index contributed by atoms with van der Waals surface area (Å²) in [5, 5.41) is 5.22. The van der Waals surface area contributed by atoms with Gasteiger partial charge in [-0.25, -0.2) is 4.98 Å². The highest BCUT2D eigenvalue weighted by Crippen LogP contribution is 2.35. The van der Waals surface area contributed by atoms with Gasteiger partial charge in [-0.1, -0.05) is 48.5 Å². The quantitative estimate of drug-likeness (QED) is 0.320. The molecular weight excluding hydrogens is 518 g/mol. The van der Waals surface area contributed by atoms with Gasteiger partial charge in [-0.3, -0.25) is 19.8 Å². The fraction of sp³-hybridized carbons (Fsp3) is 0.281. The Balaban J connectivity index is 1.21. The minimum atomic E-state index is -0.760. The first-order chi connectivity index (χ1) is 19.5. The summed E-state index contributed by atoms with van der Waals surface area (Å²) < 4.78 is 0. The minimum Gasteiger partial charge on any atom is -0.369 e. The molecule has 2 aliphatic rings. The zero-order valence-electron chi connectivity index (χ0n) is 22.8. The second-order valence-electron chi connectivity index (χ2n) is 10.6. The molecule has 1 N–H and O–H groups in total. The summed E-state index contributed by atoms with van der Waals surface area (Å²) >= 11 is 1.35. The second-order valence-corrected chi connectivity index (χ2v) is 11.5. The van der Waals surface area contributed by atoms with Gasteiger partial charge in [0.05, 0.1) is 0 Å². The zero-order valence-corrected chi connectivity index (χ0v) is 23.6. The van der Waals surface area contributed by atoms with Gasteiger partial charge < -0.3 is 9.80 Å². The Morgan fingerprint density at radius 2 is 1.65 bits per heavy atom. The van der Waals surface area contributed by atoms with E-state index in [2.05, 4.69) is 64.3 Å². The molecule has 0 bridgehead atoms. The van der Waals surface area contributed by atoms with Crippen LogP contribution in [0.2, 0.25) is 0 Å². The molecule has 0 spiro atoms. The van der Waals surface area contributed by atoms with Crippen molar-refractivity contribution in [2.75, 3.05) is 36.4 Å². The lowest BCUT2D eigenvalue weighted by atomic mass is 10.00. The summed E-state index contributed by atoms with van der Waals surface area (Å²) in [6, 6.07) is 24.0. The van der Waals surface area contributed by atoms with Gasteiger partial charge in [0.2, 0.25) is 0 Å². The van der Waals surface area contributed by atoms with Crippen LogP contribution >= 0.6 is 11.3 Å². The van der Waals surface area contributed by atoms with Crippen LogP contribution in [0.15, 0.2) is 84.4 Å². The largest absolute Gasteiger partial charge is 0.369 e. The third kappa shape index (κ3) is 5.24. The Hall–Kier alpha value is -4.01. The summed E-state index contributed by atoms with van der Waals surface area (Å²) in [7, 11) is 0. The Labute approximate surface area is 239 Å². The maximum atomic E-state index is 13.6. The highest BCUT2D eigenvalue weighted by Gasteiger charge is 2.37. The number of thiazole rings is 1. The number of rotatable bonds is 7. The van der Waals surface area contributed by atoms with Crippen LogP contribution in [0.1, 0.15) is 41.4 Å². The van der Waals surface area contributed by atoms with E-state index in [1.165, 1.54) is 17.0 Å². The van der Waals surface area contributed by atoms with Crippen LogP contribution in [-0.4, -0.2) is 58.8 Å². The number of anilines is 2. The molecule has 2 aliphatic heterocycles. The molecule has 0 aliphatic carbocycles. The first kappa shape index (κ1) is 26.2. The van der Waals surface area contributed by atoms with Gasteiger partial charge in [0, 0.05) is 61.6 Å². The molecule has 1 saturated heterocycles. The van der Waals surface area contributed by atoms with Gasteiger partial charge in [0.25, 0.3) is 11.8 Å². The molecule has 1 fully saturated rings. The van der Waals surface area contributed by atoms with Crippen LogP contribution in [0.5, 0.6) is 0 Å². The summed E-state index contributed by atoms with van der Waals surface area (Å²) in [4.78, 5) is 37.8. The van der Waals surface area contributed by atoms with Gasteiger partial charge in [0.15, 0.2) is 5.13 Å². The highest BCUT2D eigenvalue weighted by atomic mass is 32.1. The summed E-state index contributed by atoms with van der Waals surface area (Å²) in [6.45, 7) is 9.12. The molecule has 2 amide bonds. The van der Waals surface area contributed by atoms with Crippen molar-refractivity contribution in [3.05, 3.63) is 101 Å². The normalized spacial score (nSPS) is 16.3. The molecule has 40 heavy (non-hydrogen) atoms. The van der Waals surface area contributed by atoms with Gasteiger partial charge in [-0.2, -0.15) is 0 Å².